The first-order valence-electron chi connectivity index (χ1n) is 7.09. The summed E-state index contributed by atoms with van der Waals surface area (Å²) in [5.74, 6) is -0.670. The van der Waals surface area contributed by atoms with E-state index in [0.717, 1.165) is 5.56 Å². The summed E-state index contributed by atoms with van der Waals surface area (Å²) in [5, 5.41) is 11.1. The molecule has 0 aromatic heterocycles. The fraction of sp³-hybridized carbons (Fsp3) is 0.125. The van der Waals surface area contributed by atoms with Crippen molar-refractivity contribution in [3.63, 3.8) is 0 Å². The van der Waals surface area contributed by atoms with Gasteiger partial charge in [0, 0.05) is 22.7 Å². The average molecular weight is 364 g/mol. The van der Waals surface area contributed by atoms with Gasteiger partial charge in [-0.05, 0) is 42.8 Å². The zero-order valence-electron chi connectivity index (χ0n) is 13.1. The van der Waals surface area contributed by atoms with E-state index in [0.29, 0.717) is 10.8 Å². The number of nitrogens with one attached hydrogen (secondary N) is 2. The molecule has 2 N–H and O–H groups in total. The summed E-state index contributed by atoms with van der Waals surface area (Å²) >= 11 is 5.83. The molecule has 0 aliphatic heterocycles. The fourth-order valence-corrected chi connectivity index (χ4v) is 2.11. The van der Waals surface area contributed by atoms with Crippen LogP contribution in [-0.2, 0) is 4.79 Å². The first kappa shape index (κ1) is 18.2. The Hall–Kier alpha value is -3.13. The molecule has 0 heterocycles. The zero-order chi connectivity index (χ0) is 18.4. The summed E-state index contributed by atoms with van der Waals surface area (Å²) in [6, 6.07) is 9.94. The van der Waals surface area contributed by atoms with E-state index < -0.39 is 16.7 Å². The minimum absolute atomic E-state index is 0.132. The van der Waals surface area contributed by atoms with Crippen molar-refractivity contribution in [3.8, 4) is 5.75 Å². The summed E-state index contributed by atoms with van der Waals surface area (Å²) in [6.07, 6.45) is 0. The van der Waals surface area contributed by atoms with Crippen LogP contribution in [0.4, 0.5) is 5.69 Å². The molecule has 2 aromatic carbocycles. The molecular weight excluding hydrogens is 350 g/mol. The number of carbonyl (C=O) groups is 2. The molecule has 2 amide bonds. The highest BCUT2D eigenvalue weighted by atomic mass is 35.5. The first-order valence-corrected chi connectivity index (χ1v) is 7.47. The summed E-state index contributed by atoms with van der Waals surface area (Å²) in [5.41, 5.74) is 5.20. The Morgan fingerprint density at radius 3 is 2.44 bits per heavy atom. The highest BCUT2D eigenvalue weighted by Crippen LogP contribution is 2.21. The summed E-state index contributed by atoms with van der Waals surface area (Å²) in [7, 11) is 0. The van der Waals surface area contributed by atoms with Crippen molar-refractivity contribution >= 4 is 29.1 Å². The minimum Gasteiger partial charge on any atom is -0.483 e. The quantitative estimate of drug-likeness (QED) is 0.626. The van der Waals surface area contributed by atoms with Gasteiger partial charge in [0.1, 0.15) is 5.75 Å². The first-order chi connectivity index (χ1) is 11.9. The van der Waals surface area contributed by atoms with Crippen LogP contribution in [0.1, 0.15) is 15.9 Å². The molecule has 0 saturated carbocycles. The second kappa shape index (κ2) is 8.11. The molecule has 0 bridgehead atoms. The van der Waals surface area contributed by atoms with Crippen LogP contribution < -0.4 is 15.6 Å². The van der Waals surface area contributed by atoms with Gasteiger partial charge in [-0.2, -0.15) is 0 Å². The number of nitro benzene ring substituents is 1. The monoisotopic (exact) mass is 363 g/mol. The Kier molecular flexibility index (Phi) is 5.91. The van der Waals surface area contributed by atoms with Gasteiger partial charge in [0.05, 0.1) is 4.92 Å². The number of hydrogen-bond acceptors (Lipinski definition) is 5. The molecule has 2 rings (SSSR count). The van der Waals surface area contributed by atoms with E-state index in [1.165, 1.54) is 24.3 Å². The van der Waals surface area contributed by atoms with Gasteiger partial charge >= 0.3 is 0 Å². The lowest BCUT2D eigenvalue weighted by Gasteiger charge is -2.10. The van der Waals surface area contributed by atoms with Crippen LogP contribution in [0.25, 0.3) is 0 Å². The Balaban J connectivity index is 1.82. The van der Waals surface area contributed by atoms with Crippen LogP contribution in [0.5, 0.6) is 5.75 Å². The Morgan fingerprint density at radius 2 is 1.84 bits per heavy atom. The van der Waals surface area contributed by atoms with Gasteiger partial charge in [0.2, 0.25) is 0 Å². The smallest absolute Gasteiger partial charge is 0.276 e. The van der Waals surface area contributed by atoms with Crippen LogP contribution in [-0.4, -0.2) is 23.3 Å². The van der Waals surface area contributed by atoms with E-state index in [9.17, 15) is 19.7 Å². The molecule has 0 unspecified atom stereocenters. The molecule has 0 aliphatic carbocycles. The molecule has 8 nitrogen and oxygen atoms in total. The van der Waals surface area contributed by atoms with Crippen molar-refractivity contribution in [3.05, 3.63) is 68.7 Å². The van der Waals surface area contributed by atoms with E-state index in [1.54, 1.807) is 25.1 Å². The number of nitrogens with zero attached hydrogens (tertiary/aromatic N) is 1. The predicted molar refractivity (Wildman–Crippen MR) is 90.4 cm³/mol. The number of ether oxygens (including phenoxy) is 1. The van der Waals surface area contributed by atoms with E-state index in [-0.39, 0.29) is 17.9 Å². The number of hydrazine groups is 1. The second-order valence-corrected chi connectivity index (χ2v) is 5.44. The largest absolute Gasteiger partial charge is 0.483 e. The molecule has 2 aromatic rings. The lowest BCUT2D eigenvalue weighted by molar-refractivity contribution is -0.384. The van der Waals surface area contributed by atoms with Crippen LogP contribution in [0.15, 0.2) is 42.5 Å². The maximum Gasteiger partial charge on any atom is 0.276 e. The Morgan fingerprint density at radius 1 is 1.16 bits per heavy atom. The highest BCUT2D eigenvalue weighted by molar-refractivity contribution is 6.30. The summed E-state index contributed by atoms with van der Waals surface area (Å²) in [4.78, 5) is 33.5. The highest BCUT2D eigenvalue weighted by Gasteiger charge is 2.11. The standard InChI is InChI=1S/C16H14ClN3O5/c1-10-8-12(17)4-7-14(10)25-9-15(21)18-19-16(22)11-2-5-13(6-3-11)20(23)24/h2-8H,9H2,1H3,(H,18,21)(H,19,22). The molecule has 9 heteroatoms. The molecule has 0 spiro atoms. The van der Waals surface area contributed by atoms with Crippen LogP contribution >= 0.6 is 11.6 Å². The molecule has 0 fully saturated rings. The Bertz CT molecular complexity index is 808. The van der Waals surface area contributed by atoms with Gasteiger partial charge in [-0.1, -0.05) is 11.6 Å². The van der Waals surface area contributed by atoms with Crippen molar-refractivity contribution in [1.82, 2.24) is 10.9 Å². The van der Waals surface area contributed by atoms with Gasteiger partial charge in [-0.3, -0.25) is 30.6 Å². The van der Waals surface area contributed by atoms with Gasteiger partial charge in [-0.15, -0.1) is 0 Å². The number of non-ortho nitro benzene ring substituents is 1. The lowest BCUT2D eigenvalue weighted by Crippen LogP contribution is -2.43. The molecule has 130 valence electrons. The van der Waals surface area contributed by atoms with Crippen molar-refractivity contribution in [1.29, 1.82) is 0 Å². The lowest BCUT2D eigenvalue weighted by atomic mass is 10.2. The predicted octanol–water partition coefficient (Wildman–Crippen LogP) is 2.40. The normalized spacial score (nSPS) is 10.0. The Labute approximate surface area is 147 Å². The van der Waals surface area contributed by atoms with Gasteiger partial charge in [0.15, 0.2) is 6.61 Å². The number of rotatable bonds is 5. The number of carbonyl (C=O) groups excluding carboxylic acids is 2. The summed E-state index contributed by atoms with van der Waals surface area (Å²) < 4.78 is 5.34. The number of benzene rings is 2. The number of amides is 2. The fourth-order valence-electron chi connectivity index (χ4n) is 1.89. The summed E-state index contributed by atoms with van der Waals surface area (Å²) in [6.45, 7) is 1.48. The molecule has 25 heavy (non-hydrogen) atoms. The SMILES string of the molecule is Cc1cc(Cl)ccc1OCC(=O)NNC(=O)c1ccc([N+](=O)[O-])cc1. The third-order valence-electron chi connectivity index (χ3n) is 3.15. The van der Waals surface area contributed by atoms with E-state index >= 15 is 0 Å². The number of nitro groups is 1. The molecule has 0 aliphatic rings. The number of hydrogen-bond donors (Lipinski definition) is 2. The second-order valence-electron chi connectivity index (χ2n) is 5.00. The van der Waals surface area contributed by atoms with E-state index in [4.69, 9.17) is 16.3 Å². The minimum atomic E-state index is -0.606. The van der Waals surface area contributed by atoms with Crippen molar-refractivity contribution in [2.45, 2.75) is 6.92 Å². The van der Waals surface area contributed by atoms with Gasteiger partial charge in [0.25, 0.3) is 17.5 Å². The van der Waals surface area contributed by atoms with Gasteiger partial charge < -0.3 is 4.74 Å². The zero-order valence-corrected chi connectivity index (χ0v) is 13.9. The van der Waals surface area contributed by atoms with Crippen molar-refractivity contribution < 1.29 is 19.2 Å². The number of halogens is 1. The average Bonchev–Trinajstić information content (AvgIpc) is 2.59. The topological polar surface area (TPSA) is 111 Å². The molecule has 0 saturated heterocycles. The van der Waals surface area contributed by atoms with E-state index in [1.807, 2.05) is 0 Å². The molecular formula is C16H14ClN3O5. The number of aryl methyl sites for hydroxylation is 1. The van der Waals surface area contributed by atoms with Crippen LogP contribution in [0, 0.1) is 17.0 Å². The van der Waals surface area contributed by atoms with Crippen molar-refractivity contribution in [2.24, 2.45) is 0 Å². The van der Waals surface area contributed by atoms with Crippen LogP contribution in [0.3, 0.4) is 0 Å². The maximum absolute atomic E-state index is 11.8. The van der Waals surface area contributed by atoms with Gasteiger partial charge in [-0.25, -0.2) is 0 Å². The van der Waals surface area contributed by atoms with Crippen molar-refractivity contribution in [2.75, 3.05) is 6.61 Å². The maximum atomic E-state index is 11.8. The third kappa shape index (κ3) is 5.18. The third-order valence-corrected chi connectivity index (χ3v) is 3.39. The molecule has 0 radical (unpaired) electrons. The molecule has 0 atom stereocenters. The van der Waals surface area contributed by atoms with E-state index in [2.05, 4.69) is 10.9 Å². The van der Waals surface area contributed by atoms with Crippen LogP contribution in [0.2, 0.25) is 5.02 Å².